The van der Waals surface area contributed by atoms with Crippen LogP contribution in [0.3, 0.4) is 0 Å². The predicted molar refractivity (Wildman–Crippen MR) is 158 cm³/mol. The van der Waals surface area contributed by atoms with Crippen molar-refractivity contribution in [2.45, 2.75) is 88.9 Å². The van der Waals surface area contributed by atoms with E-state index in [1.807, 2.05) is 48.5 Å². The van der Waals surface area contributed by atoms with Gasteiger partial charge in [0.05, 0.1) is 25.4 Å². The molecule has 0 unspecified atom stereocenters. The Morgan fingerprint density at radius 2 is 1.64 bits per heavy atom. The van der Waals surface area contributed by atoms with Gasteiger partial charge in [0.25, 0.3) is 0 Å². The first-order valence-corrected chi connectivity index (χ1v) is 15.1. The number of carbonyl (C=O) groups is 2. The predicted octanol–water partition coefficient (Wildman–Crippen LogP) is 4.62. The molecule has 0 bridgehead atoms. The summed E-state index contributed by atoms with van der Waals surface area (Å²) in [5.41, 5.74) is 5.15. The quantitative estimate of drug-likeness (QED) is 0.136. The molecule has 2 aliphatic heterocycles. The van der Waals surface area contributed by atoms with Gasteiger partial charge in [0.1, 0.15) is 0 Å². The Bertz CT molecular complexity index is 1110. The highest BCUT2D eigenvalue weighted by Crippen LogP contribution is 2.39. The van der Waals surface area contributed by atoms with E-state index in [1.54, 1.807) is 12.6 Å². The van der Waals surface area contributed by atoms with Crippen LogP contribution in [0.15, 0.2) is 48.5 Å². The molecule has 0 aliphatic carbocycles. The number of anilines is 1. The number of aliphatic hydroxyl groups excluding tert-OH is 1. The van der Waals surface area contributed by atoms with Gasteiger partial charge in [0.15, 0.2) is 6.29 Å². The lowest BCUT2D eigenvalue weighted by Crippen LogP contribution is -2.42. The summed E-state index contributed by atoms with van der Waals surface area (Å²) in [7, 11) is 1.75. The number of hydrogen-bond donors (Lipinski definition) is 4. The molecule has 0 aromatic heterocycles. The van der Waals surface area contributed by atoms with Gasteiger partial charge in [-0.1, -0.05) is 49.2 Å². The van der Waals surface area contributed by atoms with Crippen molar-refractivity contribution in [2.75, 3.05) is 32.1 Å². The van der Waals surface area contributed by atoms with Gasteiger partial charge in [-0.2, -0.15) is 0 Å². The van der Waals surface area contributed by atoms with E-state index in [9.17, 15) is 14.7 Å². The Kier molecular flexibility index (Phi) is 12.7. The standard InChI is InChI=1S/C32H45N3O7/c1-40-22-27-7-6-18-35(27)20-28-19-29(24-12-10-23(21-36)11-13-24)42-32(41-28)25-14-16-26(17-15-25)33-30(37)8-4-2-3-5-9-31(38)34-39/h10-17,27-29,32,36,39H,2-9,18-22H2,1H3,(H,33,37)(H,34,38)/t27-,28+,29-,32-/m0/s1. The first-order valence-electron chi connectivity index (χ1n) is 15.1. The molecule has 2 amide bonds. The normalized spacial score (nSPS) is 22.6. The maximum absolute atomic E-state index is 12.4. The van der Waals surface area contributed by atoms with Crippen molar-refractivity contribution in [1.29, 1.82) is 0 Å². The number of ether oxygens (including phenoxy) is 3. The number of nitrogens with one attached hydrogen (secondary N) is 2. The van der Waals surface area contributed by atoms with Crippen LogP contribution in [0.2, 0.25) is 0 Å². The molecular weight excluding hydrogens is 538 g/mol. The SMILES string of the molecule is COC[C@@H]1CCCN1C[C@H]1C[C@@H](c2ccc(CO)cc2)O[C@@H](c2ccc(NC(=O)CCCCCCC(=O)NO)cc2)O1. The number of benzene rings is 2. The third kappa shape index (κ3) is 9.58. The maximum Gasteiger partial charge on any atom is 0.243 e. The lowest BCUT2D eigenvalue weighted by atomic mass is 9.99. The second-order valence-corrected chi connectivity index (χ2v) is 11.2. The fraction of sp³-hybridized carbons (Fsp3) is 0.562. The van der Waals surface area contributed by atoms with Gasteiger partial charge < -0.3 is 24.6 Å². The molecule has 10 nitrogen and oxygen atoms in total. The molecule has 2 aliphatic rings. The minimum Gasteiger partial charge on any atom is -0.392 e. The summed E-state index contributed by atoms with van der Waals surface area (Å²) in [5.74, 6) is -0.436. The Labute approximate surface area is 248 Å². The van der Waals surface area contributed by atoms with Gasteiger partial charge in [-0.05, 0) is 55.5 Å². The van der Waals surface area contributed by atoms with Crippen LogP contribution in [0.5, 0.6) is 0 Å². The van der Waals surface area contributed by atoms with E-state index in [4.69, 9.17) is 19.4 Å². The van der Waals surface area contributed by atoms with E-state index in [0.717, 1.165) is 74.9 Å². The van der Waals surface area contributed by atoms with E-state index in [-0.39, 0.29) is 37.0 Å². The van der Waals surface area contributed by atoms with Crippen molar-refractivity contribution in [3.05, 3.63) is 65.2 Å². The molecule has 10 heteroatoms. The summed E-state index contributed by atoms with van der Waals surface area (Å²) >= 11 is 0. The number of carbonyl (C=O) groups excluding carboxylic acids is 2. The van der Waals surface area contributed by atoms with E-state index < -0.39 is 6.29 Å². The molecular formula is C32H45N3O7. The largest absolute Gasteiger partial charge is 0.392 e. The molecule has 230 valence electrons. The number of nitrogens with zero attached hydrogens (tertiary/aromatic N) is 1. The average molecular weight is 584 g/mol. The Balaban J connectivity index is 1.34. The third-order valence-corrected chi connectivity index (χ3v) is 8.06. The highest BCUT2D eigenvalue weighted by Gasteiger charge is 2.35. The van der Waals surface area contributed by atoms with Gasteiger partial charge in [0, 0.05) is 50.2 Å². The number of amides is 2. The van der Waals surface area contributed by atoms with Gasteiger partial charge in [-0.25, -0.2) is 5.48 Å². The molecule has 2 heterocycles. The first-order chi connectivity index (χ1) is 20.5. The molecule has 2 saturated heterocycles. The summed E-state index contributed by atoms with van der Waals surface area (Å²) in [6.45, 7) is 2.56. The van der Waals surface area contributed by atoms with Crippen molar-refractivity contribution >= 4 is 17.5 Å². The first kappa shape index (κ1) is 32.1. The molecule has 4 N–H and O–H groups in total. The molecule has 0 saturated carbocycles. The van der Waals surface area contributed by atoms with Gasteiger partial charge in [-0.3, -0.25) is 19.7 Å². The van der Waals surface area contributed by atoms with Gasteiger partial charge in [-0.15, -0.1) is 0 Å². The minimum absolute atomic E-state index is 0.00437. The molecule has 4 rings (SSSR count). The van der Waals surface area contributed by atoms with Crippen LogP contribution >= 0.6 is 0 Å². The molecule has 4 atom stereocenters. The fourth-order valence-electron chi connectivity index (χ4n) is 5.74. The van der Waals surface area contributed by atoms with E-state index in [2.05, 4.69) is 10.2 Å². The van der Waals surface area contributed by atoms with Crippen molar-refractivity contribution in [3.8, 4) is 0 Å². The summed E-state index contributed by atoms with van der Waals surface area (Å²) < 4.78 is 18.4. The van der Waals surface area contributed by atoms with Crippen molar-refractivity contribution in [1.82, 2.24) is 10.4 Å². The number of likely N-dealkylation sites (tertiary alicyclic amines) is 1. The van der Waals surface area contributed by atoms with Crippen LogP contribution in [0, 0.1) is 0 Å². The lowest BCUT2D eigenvalue weighted by Gasteiger charge is -2.38. The van der Waals surface area contributed by atoms with Crippen molar-refractivity contribution in [2.24, 2.45) is 0 Å². The average Bonchev–Trinajstić information content (AvgIpc) is 3.45. The van der Waals surface area contributed by atoms with Gasteiger partial charge in [0.2, 0.25) is 11.8 Å². The van der Waals surface area contributed by atoms with Crippen molar-refractivity contribution in [3.63, 3.8) is 0 Å². The summed E-state index contributed by atoms with van der Waals surface area (Å²) in [6.07, 6.45) is 6.07. The fourth-order valence-corrected chi connectivity index (χ4v) is 5.74. The van der Waals surface area contributed by atoms with Crippen LogP contribution in [-0.2, 0) is 30.4 Å². The topological polar surface area (TPSA) is 130 Å². The highest BCUT2D eigenvalue weighted by atomic mass is 16.7. The number of methoxy groups -OCH3 is 1. The van der Waals surface area contributed by atoms with Crippen LogP contribution in [0.25, 0.3) is 0 Å². The number of hydrogen-bond acceptors (Lipinski definition) is 8. The number of unbranched alkanes of at least 4 members (excludes halogenated alkanes) is 3. The Hall–Kier alpha value is -2.86. The molecule has 0 radical (unpaired) electrons. The molecule has 2 fully saturated rings. The van der Waals surface area contributed by atoms with E-state index in [1.165, 1.54) is 0 Å². The summed E-state index contributed by atoms with van der Waals surface area (Å²) in [5, 5.41) is 20.9. The Morgan fingerprint density at radius 1 is 0.952 bits per heavy atom. The monoisotopic (exact) mass is 583 g/mol. The molecule has 2 aromatic carbocycles. The zero-order chi connectivity index (χ0) is 29.7. The van der Waals surface area contributed by atoms with Crippen LogP contribution in [0.1, 0.15) is 86.9 Å². The highest BCUT2D eigenvalue weighted by molar-refractivity contribution is 5.90. The van der Waals surface area contributed by atoms with Gasteiger partial charge >= 0.3 is 0 Å². The lowest BCUT2D eigenvalue weighted by molar-refractivity contribution is -0.253. The zero-order valence-electron chi connectivity index (χ0n) is 24.5. The number of rotatable bonds is 15. The van der Waals surface area contributed by atoms with Crippen LogP contribution < -0.4 is 10.8 Å². The number of aliphatic hydroxyl groups is 1. The molecule has 0 spiro atoms. The zero-order valence-corrected chi connectivity index (χ0v) is 24.5. The minimum atomic E-state index is -0.549. The third-order valence-electron chi connectivity index (χ3n) is 8.06. The van der Waals surface area contributed by atoms with Crippen LogP contribution in [0.4, 0.5) is 5.69 Å². The number of hydroxylamine groups is 1. The van der Waals surface area contributed by atoms with Crippen molar-refractivity contribution < 1.29 is 34.1 Å². The van der Waals surface area contributed by atoms with E-state index >= 15 is 0 Å². The summed E-state index contributed by atoms with van der Waals surface area (Å²) in [6, 6.07) is 15.9. The van der Waals surface area contributed by atoms with Crippen LogP contribution in [-0.4, -0.2) is 66.0 Å². The smallest absolute Gasteiger partial charge is 0.243 e. The Morgan fingerprint density at radius 3 is 2.31 bits per heavy atom. The molecule has 42 heavy (non-hydrogen) atoms. The maximum atomic E-state index is 12.4. The summed E-state index contributed by atoms with van der Waals surface area (Å²) in [4.78, 5) is 25.9. The molecule has 2 aromatic rings. The second kappa shape index (κ2) is 16.7. The second-order valence-electron chi connectivity index (χ2n) is 11.2. The van der Waals surface area contributed by atoms with E-state index in [0.29, 0.717) is 24.6 Å².